The second-order valence-corrected chi connectivity index (χ2v) is 2.44. The van der Waals surface area contributed by atoms with Gasteiger partial charge in [-0.3, -0.25) is 0 Å². The number of hydrogen-bond donors (Lipinski definition) is 0. The Morgan fingerprint density at radius 3 is 2.25 bits per heavy atom. The molecule has 0 bridgehead atoms. The average molecular weight is 167 g/mol. The van der Waals surface area contributed by atoms with Crippen LogP contribution in [0.15, 0.2) is 24.4 Å². The molecule has 0 atom stereocenters. The quantitative estimate of drug-likeness (QED) is 0.492. The smallest absolute Gasteiger partial charge is 0.177 e. The van der Waals surface area contributed by atoms with Crippen LogP contribution in [0.3, 0.4) is 0 Å². The zero-order valence-electron chi connectivity index (χ0n) is 7.57. The number of hydrogen-bond acceptors (Lipinski definition) is 2. The van der Waals surface area contributed by atoms with Crippen LogP contribution in [-0.4, -0.2) is 5.97 Å². The van der Waals surface area contributed by atoms with Crippen molar-refractivity contribution in [3.05, 3.63) is 30.1 Å². The molecule has 0 aromatic carbocycles. The Labute approximate surface area is 72.3 Å². The molecule has 0 fully saturated rings. The van der Waals surface area contributed by atoms with Gasteiger partial charge in [0.05, 0.1) is 0 Å². The molecule has 1 aromatic rings. The van der Waals surface area contributed by atoms with E-state index in [1.54, 1.807) is 0 Å². The van der Waals surface area contributed by atoms with Crippen LogP contribution in [0.1, 0.15) is 12.6 Å². The van der Waals surface area contributed by atoms with Crippen LogP contribution in [0.2, 0.25) is 0 Å². The van der Waals surface area contributed by atoms with Gasteiger partial charge in [-0.25, -0.2) is 4.57 Å². The molecule has 0 radical (unpaired) electrons. The summed E-state index contributed by atoms with van der Waals surface area (Å²) in [6.07, 6.45) is 2.04. The summed E-state index contributed by atoms with van der Waals surface area (Å²) < 4.78 is 2.08. The molecule has 0 aliphatic heterocycles. The van der Waals surface area contributed by atoms with E-state index in [-0.39, 0.29) is 0 Å². The van der Waals surface area contributed by atoms with Gasteiger partial charge in [-0.05, 0) is 6.92 Å². The number of nitrogens with zero attached hydrogens (tertiary/aromatic N) is 1. The van der Waals surface area contributed by atoms with Crippen LogP contribution in [0.4, 0.5) is 0 Å². The lowest BCUT2D eigenvalue weighted by Crippen LogP contribution is -2.30. The zero-order valence-corrected chi connectivity index (χ0v) is 7.57. The monoisotopic (exact) mass is 167 g/mol. The first kappa shape index (κ1) is 10.6. The number of rotatable bonds is 0. The van der Waals surface area contributed by atoms with Crippen molar-refractivity contribution in [3.8, 4) is 0 Å². The number of aryl methyl sites for hydroxylation is 2. The Morgan fingerprint density at radius 1 is 1.50 bits per heavy atom. The Hall–Kier alpha value is -1.38. The van der Waals surface area contributed by atoms with E-state index in [0.717, 1.165) is 6.92 Å². The Morgan fingerprint density at radius 2 is 2.00 bits per heavy atom. The summed E-state index contributed by atoms with van der Waals surface area (Å²) >= 11 is 0. The molecular weight excluding hydrogens is 154 g/mol. The zero-order chi connectivity index (χ0) is 9.56. The van der Waals surface area contributed by atoms with E-state index in [1.165, 1.54) is 5.69 Å². The molecule has 0 amide bonds. The van der Waals surface area contributed by atoms with Crippen LogP contribution in [0.25, 0.3) is 0 Å². The first-order valence-electron chi connectivity index (χ1n) is 3.63. The minimum absolute atomic E-state index is 0.972. The molecule has 1 rings (SSSR count). The summed E-state index contributed by atoms with van der Waals surface area (Å²) in [5, 5.41) is 8.89. The van der Waals surface area contributed by atoms with E-state index >= 15 is 0 Å². The van der Waals surface area contributed by atoms with Crippen LogP contribution in [0, 0.1) is 6.92 Å². The number of carboxylic acid groups (broad SMARTS) is 1. The Bertz CT molecular complexity index is 233. The third-order valence-electron chi connectivity index (χ3n) is 1.31. The van der Waals surface area contributed by atoms with Crippen LogP contribution >= 0.6 is 0 Å². The van der Waals surface area contributed by atoms with Crippen molar-refractivity contribution < 1.29 is 14.5 Å². The second kappa shape index (κ2) is 5.29. The van der Waals surface area contributed by atoms with Gasteiger partial charge in [-0.1, -0.05) is 6.07 Å². The van der Waals surface area contributed by atoms with Gasteiger partial charge in [0.1, 0.15) is 7.05 Å². The van der Waals surface area contributed by atoms with E-state index < -0.39 is 5.97 Å². The lowest BCUT2D eigenvalue weighted by molar-refractivity contribution is -0.677. The molecular formula is C9H13NO2. The molecule has 0 aliphatic carbocycles. The van der Waals surface area contributed by atoms with Crippen molar-refractivity contribution >= 4 is 5.97 Å². The summed E-state index contributed by atoms with van der Waals surface area (Å²) in [6.45, 7) is 3.06. The minimum atomic E-state index is -1.08. The number of aliphatic carboxylic acids is 1. The fraction of sp³-hybridized carbons (Fsp3) is 0.333. The highest BCUT2D eigenvalue weighted by atomic mass is 16.4. The fourth-order valence-electron chi connectivity index (χ4n) is 0.609. The Kier molecular flexibility index (Phi) is 4.69. The van der Waals surface area contributed by atoms with Crippen LogP contribution in [0.5, 0.6) is 0 Å². The summed E-state index contributed by atoms with van der Waals surface area (Å²) in [6, 6.07) is 6.14. The van der Waals surface area contributed by atoms with Gasteiger partial charge in [0.25, 0.3) is 0 Å². The fourth-order valence-corrected chi connectivity index (χ4v) is 0.609. The van der Waals surface area contributed by atoms with Gasteiger partial charge >= 0.3 is 0 Å². The second-order valence-electron chi connectivity index (χ2n) is 2.44. The third kappa shape index (κ3) is 5.41. The van der Waals surface area contributed by atoms with Crippen molar-refractivity contribution in [1.82, 2.24) is 0 Å². The first-order valence-corrected chi connectivity index (χ1v) is 3.63. The van der Waals surface area contributed by atoms with Crippen molar-refractivity contribution in [2.45, 2.75) is 13.8 Å². The van der Waals surface area contributed by atoms with Crippen LogP contribution < -0.4 is 9.67 Å². The summed E-state index contributed by atoms with van der Waals surface area (Å²) in [7, 11) is 2.04. The highest BCUT2D eigenvalue weighted by molar-refractivity contribution is 5.60. The molecule has 3 heteroatoms. The normalized spacial score (nSPS) is 8.25. The Balaban J connectivity index is 0.000000261. The molecule has 12 heavy (non-hydrogen) atoms. The molecule has 1 heterocycles. The maximum Gasteiger partial charge on any atom is 0.177 e. The van der Waals surface area contributed by atoms with Gasteiger partial charge in [0, 0.05) is 25.0 Å². The summed E-state index contributed by atoms with van der Waals surface area (Å²) in [4.78, 5) is 8.89. The number of carbonyl (C=O) groups is 1. The van der Waals surface area contributed by atoms with Crippen molar-refractivity contribution in [1.29, 1.82) is 0 Å². The minimum Gasteiger partial charge on any atom is -0.550 e. The molecule has 1 aromatic heterocycles. The molecule has 0 saturated heterocycles. The maximum absolute atomic E-state index is 8.89. The highest BCUT2D eigenvalue weighted by Crippen LogP contribution is 1.83. The predicted molar refractivity (Wildman–Crippen MR) is 43.0 cm³/mol. The van der Waals surface area contributed by atoms with E-state index in [2.05, 4.69) is 17.6 Å². The van der Waals surface area contributed by atoms with E-state index in [4.69, 9.17) is 9.90 Å². The third-order valence-corrected chi connectivity index (χ3v) is 1.31. The van der Waals surface area contributed by atoms with Crippen molar-refractivity contribution in [2.24, 2.45) is 7.05 Å². The van der Waals surface area contributed by atoms with Crippen LogP contribution in [-0.2, 0) is 11.8 Å². The summed E-state index contributed by atoms with van der Waals surface area (Å²) in [5.74, 6) is -1.08. The summed E-state index contributed by atoms with van der Waals surface area (Å²) in [5.41, 5.74) is 1.28. The van der Waals surface area contributed by atoms with Gasteiger partial charge in [-0.2, -0.15) is 0 Å². The molecule has 0 saturated carbocycles. The maximum atomic E-state index is 8.89. The van der Waals surface area contributed by atoms with Gasteiger partial charge in [0.2, 0.25) is 0 Å². The molecule has 0 spiro atoms. The molecule has 66 valence electrons. The topological polar surface area (TPSA) is 44.0 Å². The van der Waals surface area contributed by atoms with E-state index in [9.17, 15) is 0 Å². The van der Waals surface area contributed by atoms with Gasteiger partial charge < -0.3 is 9.90 Å². The predicted octanol–water partition coefficient (Wildman–Crippen LogP) is -0.424. The molecule has 0 aliphatic rings. The number of carbonyl (C=O) groups excluding carboxylic acids is 1. The number of carboxylic acids is 1. The average Bonchev–Trinajstić information content (AvgIpc) is 1.94. The lowest BCUT2D eigenvalue weighted by Gasteiger charge is -1.87. The lowest BCUT2D eigenvalue weighted by atomic mass is 10.4. The number of pyridine rings is 1. The number of aromatic nitrogens is 1. The molecule has 3 nitrogen and oxygen atoms in total. The highest BCUT2D eigenvalue weighted by Gasteiger charge is 1.91. The molecule has 0 N–H and O–H groups in total. The largest absolute Gasteiger partial charge is 0.550 e. The standard InChI is InChI=1S/C7H10N.C2H4O2/c1-7-5-3-4-6-8(7)2;1-2(3)4/h3-6H,1-2H3;1H3,(H,3,4)/q+1;/p-1. The van der Waals surface area contributed by atoms with Crippen molar-refractivity contribution in [3.63, 3.8) is 0 Å². The molecule has 0 unspecified atom stereocenters. The van der Waals surface area contributed by atoms with Crippen molar-refractivity contribution in [2.75, 3.05) is 0 Å². The van der Waals surface area contributed by atoms with Gasteiger partial charge in [-0.15, -0.1) is 0 Å². The van der Waals surface area contributed by atoms with Gasteiger partial charge in [0.15, 0.2) is 11.9 Å². The van der Waals surface area contributed by atoms with E-state index in [0.29, 0.717) is 0 Å². The van der Waals surface area contributed by atoms with E-state index in [1.807, 2.05) is 25.4 Å². The first-order chi connectivity index (χ1) is 5.54. The SMILES string of the molecule is CC(=O)[O-].Cc1cccc[n+]1C.